The molecular formula is C14H28N2O2. The standard InChI is InChI=1S/C14H28N2O2/c1-5-6-7-8-9-15-12-10-16(11-12)13(17)18-14(2,3)4/h12,15H,5-11H2,1-4H3. The predicted octanol–water partition coefficient (Wildman–Crippen LogP) is 2.78. The molecule has 0 aromatic rings. The third-order valence-corrected chi connectivity index (χ3v) is 3.00. The Kier molecular flexibility index (Phi) is 5.93. The first-order valence-corrected chi connectivity index (χ1v) is 7.13. The smallest absolute Gasteiger partial charge is 0.410 e. The highest BCUT2D eigenvalue weighted by Gasteiger charge is 2.32. The van der Waals surface area contributed by atoms with Gasteiger partial charge in [0, 0.05) is 19.1 Å². The fourth-order valence-corrected chi connectivity index (χ4v) is 1.94. The normalized spacial score (nSPS) is 16.6. The molecule has 0 bridgehead atoms. The number of ether oxygens (including phenoxy) is 1. The lowest BCUT2D eigenvalue weighted by atomic mass is 10.1. The van der Waals surface area contributed by atoms with Gasteiger partial charge in [0.05, 0.1) is 0 Å². The summed E-state index contributed by atoms with van der Waals surface area (Å²) in [5.41, 5.74) is -0.393. The van der Waals surface area contributed by atoms with Crippen LogP contribution >= 0.6 is 0 Å². The molecule has 0 unspecified atom stereocenters. The maximum absolute atomic E-state index is 11.7. The molecule has 106 valence electrons. The second-order valence-corrected chi connectivity index (χ2v) is 6.10. The molecule has 0 saturated carbocycles. The molecule has 1 fully saturated rings. The summed E-state index contributed by atoms with van der Waals surface area (Å²) in [5, 5.41) is 3.48. The molecule has 0 aliphatic carbocycles. The van der Waals surface area contributed by atoms with Crippen LogP contribution in [0.5, 0.6) is 0 Å². The Hall–Kier alpha value is -0.770. The van der Waals surface area contributed by atoms with Crippen LogP contribution in [0.1, 0.15) is 53.4 Å². The molecule has 1 saturated heterocycles. The number of rotatable bonds is 6. The third-order valence-electron chi connectivity index (χ3n) is 3.00. The lowest BCUT2D eigenvalue weighted by molar-refractivity contribution is 0.00535. The maximum Gasteiger partial charge on any atom is 0.410 e. The van der Waals surface area contributed by atoms with Gasteiger partial charge in [0.1, 0.15) is 5.60 Å². The van der Waals surface area contributed by atoms with Gasteiger partial charge in [-0.3, -0.25) is 0 Å². The van der Waals surface area contributed by atoms with E-state index < -0.39 is 5.60 Å². The highest BCUT2D eigenvalue weighted by atomic mass is 16.6. The molecule has 1 rings (SSSR count). The maximum atomic E-state index is 11.7. The zero-order chi connectivity index (χ0) is 13.6. The van der Waals surface area contributed by atoms with Crippen LogP contribution in [0.25, 0.3) is 0 Å². The van der Waals surface area contributed by atoms with E-state index in [9.17, 15) is 4.79 Å². The van der Waals surface area contributed by atoms with Gasteiger partial charge >= 0.3 is 6.09 Å². The van der Waals surface area contributed by atoms with Crippen molar-refractivity contribution < 1.29 is 9.53 Å². The summed E-state index contributed by atoms with van der Waals surface area (Å²) in [4.78, 5) is 13.4. The van der Waals surface area contributed by atoms with Crippen molar-refractivity contribution in [3.63, 3.8) is 0 Å². The molecule has 0 atom stereocenters. The van der Waals surface area contributed by atoms with Crippen LogP contribution in [0.2, 0.25) is 0 Å². The summed E-state index contributed by atoms with van der Waals surface area (Å²) in [6.07, 6.45) is 4.93. The fourth-order valence-electron chi connectivity index (χ4n) is 1.94. The molecule has 18 heavy (non-hydrogen) atoms. The van der Waals surface area contributed by atoms with Crippen LogP contribution < -0.4 is 5.32 Å². The number of nitrogens with one attached hydrogen (secondary N) is 1. The monoisotopic (exact) mass is 256 g/mol. The van der Waals surface area contributed by atoms with E-state index >= 15 is 0 Å². The van der Waals surface area contributed by atoms with Crippen LogP contribution in [-0.2, 0) is 4.74 Å². The minimum atomic E-state index is -0.393. The zero-order valence-electron chi connectivity index (χ0n) is 12.3. The van der Waals surface area contributed by atoms with Crippen LogP contribution in [0.15, 0.2) is 0 Å². The summed E-state index contributed by atoms with van der Waals surface area (Å²) in [5.74, 6) is 0. The minimum Gasteiger partial charge on any atom is -0.444 e. The van der Waals surface area contributed by atoms with Gasteiger partial charge in [-0.25, -0.2) is 4.79 Å². The number of carbonyl (C=O) groups is 1. The molecule has 0 aromatic heterocycles. The number of unbranched alkanes of at least 4 members (excludes halogenated alkanes) is 3. The molecule has 4 nitrogen and oxygen atoms in total. The average molecular weight is 256 g/mol. The van der Waals surface area contributed by atoms with E-state index in [0.29, 0.717) is 6.04 Å². The Morgan fingerprint density at radius 3 is 2.50 bits per heavy atom. The highest BCUT2D eigenvalue weighted by molar-refractivity contribution is 5.69. The number of carbonyl (C=O) groups excluding carboxylic acids is 1. The summed E-state index contributed by atoms with van der Waals surface area (Å²) in [7, 11) is 0. The van der Waals surface area contributed by atoms with E-state index in [0.717, 1.165) is 19.6 Å². The van der Waals surface area contributed by atoms with Gasteiger partial charge < -0.3 is 15.0 Å². The molecule has 1 aliphatic heterocycles. The van der Waals surface area contributed by atoms with Crippen LogP contribution in [-0.4, -0.2) is 42.3 Å². The van der Waals surface area contributed by atoms with E-state index in [-0.39, 0.29) is 6.09 Å². The van der Waals surface area contributed by atoms with E-state index in [1.54, 1.807) is 4.90 Å². The van der Waals surface area contributed by atoms with Gasteiger partial charge in [-0.05, 0) is 33.7 Å². The van der Waals surface area contributed by atoms with Crippen molar-refractivity contribution in [1.82, 2.24) is 10.2 Å². The van der Waals surface area contributed by atoms with Crippen molar-refractivity contribution in [3.8, 4) is 0 Å². The molecular weight excluding hydrogens is 228 g/mol. The topological polar surface area (TPSA) is 41.6 Å². The fraction of sp³-hybridized carbons (Fsp3) is 0.929. The van der Waals surface area contributed by atoms with Crippen LogP contribution in [0.3, 0.4) is 0 Å². The molecule has 0 spiro atoms. The second kappa shape index (κ2) is 6.98. The van der Waals surface area contributed by atoms with Crippen molar-refractivity contribution in [1.29, 1.82) is 0 Å². The number of hydrogen-bond acceptors (Lipinski definition) is 3. The number of nitrogens with zero attached hydrogens (tertiary/aromatic N) is 1. The van der Waals surface area contributed by atoms with Crippen LogP contribution in [0, 0.1) is 0 Å². The van der Waals surface area contributed by atoms with Crippen molar-refractivity contribution in [3.05, 3.63) is 0 Å². The van der Waals surface area contributed by atoms with Gasteiger partial charge in [0.15, 0.2) is 0 Å². The molecule has 4 heteroatoms. The average Bonchev–Trinajstić information content (AvgIpc) is 2.17. The van der Waals surface area contributed by atoms with Crippen molar-refractivity contribution in [2.24, 2.45) is 0 Å². The molecule has 0 aromatic carbocycles. The van der Waals surface area contributed by atoms with Gasteiger partial charge in [0.2, 0.25) is 0 Å². The quantitative estimate of drug-likeness (QED) is 0.743. The summed E-state index contributed by atoms with van der Waals surface area (Å²) in [6.45, 7) is 10.5. The Balaban J connectivity index is 2.04. The number of likely N-dealkylation sites (tertiary alicyclic amines) is 1. The Morgan fingerprint density at radius 2 is 1.94 bits per heavy atom. The molecule has 0 radical (unpaired) electrons. The van der Waals surface area contributed by atoms with Gasteiger partial charge in [-0.1, -0.05) is 26.2 Å². The summed E-state index contributed by atoms with van der Waals surface area (Å²) < 4.78 is 5.31. The summed E-state index contributed by atoms with van der Waals surface area (Å²) >= 11 is 0. The molecule has 1 aliphatic rings. The Labute approximate surface area is 111 Å². The predicted molar refractivity (Wildman–Crippen MR) is 73.7 cm³/mol. The lowest BCUT2D eigenvalue weighted by Gasteiger charge is -2.40. The first-order chi connectivity index (χ1) is 8.42. The van der Waals surface area contributed by atoms with Gasteiger partial charge in [0.25, 0.3) is 0 Å². The Bertz CT molecular complexity index is 255. The summed E-state index contributed by atoms with van der Waals surface area (Å²) in [6, 6.07) is 0.458. The molecule has 1 N–H and O–H groups in total. The van der Waals surface area contributed by atoms with E-state index in [4.69, 9.17) is 4.74 Å². The SMILES string of the molecule is CCCCCCNC1CN(C(=O)OC(C)(C)C)C1. The molecule has 1 heterocycles. The van der Waals surface area contributed by atoms with E-state index in [1.165, 1.54) is 25.7 Å². The van der Waals surface area contributed by atoms with Crippen molar-refractivity contribution >= 4 is 6.09 Å². The third kappa shape index (κ3) is 5.71. The minimum absolute atomic E-state index is 0.188. The lowest BCUT2D eigenvalue weighted by Crippen LogP contribution is -2.60. The Morgan fingerprint density at radius 1 is 1.28 bits per heavy atom. The number of hydrogen-bond donors (Lipinski definition) is 1. The largest absolute Gasteiger partial charge is 0.444 e. The first kappa shape index (κ1) is 15.3. The van der Waals surface area contributed by atoms with Crippen LogP contribution in [0.4, 0.5) is 4.79 Å². The van der Waals surface area contributed by atoms with Crippen molar-refractivity contribution in [2.75, 3.05) is 19.6 Å². The first-order valence-electron chi connectivity index (χ1n) is 7.13. The second-order valence-electron chi connectivity index (χ2n) is 6.10. The highest BCUT2D eigenvalue weighted by Crippen LogP contribution is 2.15. The zero-order valence-corrected chi connectivity index (χ0v) is 12.3. The van der Waals surface area contributed by atoms with E-state index in [2.05, 4.69) is 12.2 Å². The van der Waals surface area contributed by atoms with Gasteiger partial charge in [-0.15, -0.1) is 0 Å². The number of amides is 1. The van der Waals surface area contributed by atoms with Crippen molar-refractivity contribution in [2.45, 2.75) is 65.0 Å². The van der Waals surface area contributed by atoms with Gasteiger partial charge in [-0.2, -0.15) is 0 Å². The molecule has 1 amide bonds. The van der Waals surface area contributed by atoms with E-state index in [1.807, 2.05) is 20.8 Å².